The molecule has 0 aliphatic rings. The molecule has 0 aliphatic heterocycles. The van der Waals surface area contributed by atoms with E-state index in [0.717, 1.165) is 33.3 Å². The van der Waals surface area contributed by atoms with E-state index in [9.17, 15) is 0 Å². The van der Waals surface area contributed by atoms with Gasteiger partial charge in [-0.1, -0.05) is 15.9 Å². The molecule has 0 atom stereocenters. The van der Waals surface area contributed by atoms with Gasteiger partial charge in [-0.05, 0) is 54.4 Å². The molecule has 0 spiro atoms. The second kappa shape index (κ2) is 8.25. The summed E-state index contributed by atoms with van der Waals surface area (Å²) in [6.45, 7) is 7.24. The molecule has 0 bridgehead atoms. The molecule has 20 heavy (non-hydrogen) atoms. The van der Waals surface area contributed by atoms with E-state index < -0.39 is 0 Å². The van der Waals surface area contributed by atoms with Crippen LogP contribution < -0.4 is 9.47 Å². The Hall–Kier alpha value is -0.260. The van der Waals surface area contributed by atoms with E-state index in [1.165, 1.54) is 0 Å². The quantitative estimate of drug-likeness (QED) is 0.569. The van der Waals surface area contributed by atoms with Gasteiger partial charge in [0.15, 0.2) is 11.5 Å². The van der Waals surface area contributed by atoms with Crippen LogP contribution in [-0.2, 0) is 10.1 Å². The van der Waals surface area contributed by atoms with E-state index in [-0.39, 0.29) is 5.60 Å². The topological polar surface area (TPSA) is 27.7 Å². The van der Waals surface area contributed by atoms with Crippen molar-refractivity contribution in [3.05, 3.63) is 22.2 Å². The third-order valence-corrected chi connectivity index (χ3v) is 4.26. The predicted octanol–water partition coefficient (Wildman–Crippen LogP) is 4.94. The Labute approximate surface area is 138 Å². The van der Waals surface area contributed by atoms with Crippen molar-refractivity contribution in [2.75, 3.05) is 20.3 Å². The van der Waals surface area contributed by atoms with Crippen LogP contribution in [0, 0.1) is 0 Å². The SMILES string of the molecule is CCOc1cc(CBr)cc(Br)c1OCCC(C)(C)OC. The van der Waals surface area contributed by atoms with E-state index in [1.807, 2.05) is 32.9 Å². The molecule has 0 amide bonds. The van der Waals surface area contributed by atoms with Gasteiger partial charge in [-0.25, -0.2) is 0 Å². The molecule has 1 aromatic rings. The number of halogens is 2. The summed E-state index contributed by atoms with van der Waals surface area (Å²) in [7, 11) is 1.71. The van der Waals surface area contributed by atoms with Crippen molar-refractivity contribution in [1.29, 1.82) is 0 Å². The minimum Gasteiger partial charge on any atom is -0.490 e. The first-order chi connectivity index (χ1) is 9.43. The van der Waals surface area contributed by atoms with E-state index in [1.54, 1.807) is 7.11 Å². The highest BCUT2D eigenvalue weighted by Crippen LogP contribution is 2.37. The Morgan fingerprint density at radius 1 is 1.20 bits per heavy atom. The number of ether oxygens (including phenoxy) is 3. The summed E-state index contributed by atoms with van der Waals surface area (Å²) in [5.74, 6) is 1.52. The standard InChI is InChI=1S/C15H22Br2O3/c1-5-19-13-9-11(10-16)8-12(17)14(13)20-7-6-15(2,3)18-4/h8-9H,5-7,10H2,1-4H3. The van der Waals surface area contributed by atoms with Crippen LogP contribution in [-0.4, -0.2) is 25.9 Å². The van der Waals surface area contributed by atoms with Crippen molar-refractivity contribution >= 4 is 31.9 Å². The molecule has 3 nitrogen and oxygen atoms in total. The van der Waals surface area contributed by atoms with Crippen molar-refractivity contribution in [2.24, 2.45) is 0 Å². The van der Waals surface area contributed by atoms with Crippen LogP contribution in [0.3, 0.4) is 0 Å². The zero-order valence-corrected chi connectivity index (χ0v) is 15.6. The number of hydrogen-bond acceptors (Lipinski definition) is 3. The zero-order chi connectivity index (χ0) is 15.2. The number of alkyl halides is 1. The first-order valence-corrected chi connectivity index (χ1v) is 8.54. The molecule has 0 heterocycles. The van der Waals surface area contributed by atoms with Crippen molar-refractivity contribution < 1.29 is 14.2 Å². The molecule has 1 aromatic carbocycles. The van der Waals surface area contributed by atoms with Crippen LogP contribution in [0.5, 0.6) is 11.5 Å². The largest absolute Gasteiger partial charge is 0.490 e. The third kappa shape index (κ3) is 5.26. The van der Waals surface area contributed by atoms with Crippen molar-refractivity contribution in [3.63, 3.8) is 0 Å². The van der Waals surface area contributed by atoms with E-state index in [2.05, 4.69) is 31.9 Å². The Morgan fingerprint density at radius 2 is 1.90 bits per heavy atom. The lowest BCUT2D eigenvalue weighted by molar-refractivity contribution is 0.00514. The smallest absolute Gasteiger partial charge is 0.175 e. The average Bonchev–Trinajstić information content (AvgIpc) is 2.41. The summed E-state index contributed by atoms with van der Waals surface area (Å²) in [5.41, 5.74) is 0.957. The fraction of sp³-hybridized carbons (Fsp3) is 0.600. The van der Waals surface area contributed by atoms with Gasteiger partial charge in [0.1, 0.15) is 0 Å². The van der Waals surface area contributed by atoms with Gasteiger partial charge in [0.25, 0.3) is 0 Å². The minimum absolute atomic E-state index is 0.186. The monoisotopic (exact) mass is 408 g/mol. The number of rotatable bonds is 8. The molecule has 0 radical (unpaired) electrons. The molecule has 114 valence electrons. The van der Waals surface area contributed by atoms with Crippen molar-refractivity contribution in [1.82, 2.24) is 0 Å². The maximum atomic E-state index is 5.89. The van der Waals surface area contributed by atoms with Gasteiger partial charge >= 0.3 is 0 Å². The lowest BCUT2D eigenvalue weighted by Crippen LogP contribution is -2.25. The third-order valence-electron chi connectivity index (χ3n) is 3.03. The van der Waals surface area contributed by atoms with Gasteiger partial charge < -0.3 is 14.2 Å². The van der Waals surface area contributed by atoms with E-state index in [0.29, 0.717) is 13.2 Å². The highest BCUT2D eigenvalue weighted by atomic mass is 79.9. The number of benzene rings is 1. The van der Waals surface area contributed by atoms with Gasteiger partial charge in [0, 0.05) is 18.9 Å². The first-order valence-electron chi connectivity index (χ1n) is 6.62. The van der Waals surface area contributed by atoms with Gasteiger partial charge in [0.2, 0.25) is 0 Å². The Bertz CT molecular complexity index is 433. The fourth-order valence-electron chi connectivity index (χ4n) is 1.60. The molecule has 5 heteroatoms. The fourth-order valence-corrected chi connectivity index (χ4v) is 2.53. The van der Waals surface area contributed by atoms with Crippen molar-refractivity contribution in [3.8, 4) is 11.5 Å². The molecule has 0 saturated heterocycles. The van der Waals surface area contributed by atoms with Crippen LogP contribution in [0.2, 0.25) is 0 Å². The Kier molecular flexibility index (Phi) is 7.34. The summed E-state index contributed by atoms with van der Waals surface area (Å²) in [4.78, 5) is 0. The first kappa shape index (κ1) is 17.8. The Morgan fingerprint density at radius 3 is 2.45 bits per heavy atom. The molecule has 0 unspecified atom stereocenters. The van der Waals surface area contributed by atoms with Crippen LogP contribution in [0.15, 0.2) is 16.6 Å². The summed E-state index contributed by atoms with van der Waals surface area (Å²) < 4.78 is 17.9. The molecule has 0 fully saturated rings. The Balaban J connectivity index is 2.82. The summed E-state index contributed by atoms with van der Waals surface area (Å²) in [5, 5.41) is 0.780. The van der Waals surface area contributed by atoms with Crippen LogP contribution in [0.4, 0.5) is 0 Å². The lowest BCUT2D eigenvalue weighted by Gasteiger charge is -2.23. The zero-order valence-electron chi connectivity index (χ0n) is 12.5. The molecular formula is C15H22Br2O3. The highest BCUT2D eigenvalue weighted by Gasteiger charge is 2.18. The van der Waals surface area contributed by atoms with E-state index >= 15 is 0 Å². The minimum atomic E-state index is -0.186. The van der Waals surface area contributed by atoms with Gasteiger partial charge in [-0.15, -0.1) is 0 Å². The predicted molar refractivity (Wildman–Crippen MR) is 89.1 cm³/mol. The summed E-state index contributed by atoms with van der Waals surface area (Å²) >= 11 is 7.01. The second-order valence-electron chi connectivity index (χ2n) is 5.03. The van der Waals surface area contributed by atoms with Crippen LogP contribution in [0.25, 0.3) is 0 Å². The lowest BCUT2D eigenvalue weighted by atomic mass is 10.1. The molecule has 0 aliphatic carbocycles. The molecule has 0 saturated carbocycles. The molecule has 0 aromatic heterocycles. The average molecular weight is 410 g/mol. The van der Waals surface area contributed by atoms with Crippen LogP contribution >= 0.6 is 31.9 Å². The molecular weight excluding hydrogens is 388 g/mol. The second-order valence-corrected chi connectivity index (χ2v) is 6.45. The highest BCUT2D eigenvalue weighted by molar-refractivity contribution is 9.10. The van der Waals surface area contributed by atoms with Crippen LogP contribution in [0.1, 0.15) is 32.8 Å². The van der Waals surface area contributed by atoms with Crippen molar-refractivity contribution in [2.45, 2.75) is 38.1 Å². The maximum Gasteiger partial charge on any atom is 0.175 e. The van der Waals surface area contributed by atoms with Gasteiger partial charge in [0.05, 0.1) is 23.3 Å². The van der Waals surface area contributed by atoms with Gasteiger partial charge in [-0.3, -0.25) is 0 Å². The maximum absolute atomic E-state index is 5.89. The molecule has 1 rings (SSSR count). The molecule has 0 N–H and O–H groups in total. The summed E-state index contributed by atoms with van der Waals surface area (Å²) in [6, 6.07) is 4.04. The number of methoxy groups -OCH3 is 1. The normalized spacial score (nSPS) is 11.5. The summed E-state index contributed by atoms with van der Waals surface area (Å²) in [6.07, 6.45) is 0.807. The van der Waals surface area contributed by atoms with Gasteiger partial charge in [-0.2, -0.15) is 0 Å². The van der Waals surface area contributed by atoms with E-state index in [4.69, 9.17) is 14.2 Å². The number of hydrogen-bond donors (Lipinski definition) is 0.